The molecule has 1 aromatic heterocycles. The van der Waals surface area contributed by atoms with Crippen molar-refractivity contribution in [2.75, 3.05) is 5.32 Å². The second-order valence-corrected chi connectivity index (χ2v) is 4.55. The number of alkyl halides is 3. The monoisotopic (exact) mass is 346 g/mol. The Morgan fingerprint density at radius 2 is 1.75 bits per heavy atom. The maximum Gasteiger partial charge on any atom is 0.416 e. The molecule has 0 bridgehead atoms. The zero-order valence-electron chi connectivity index (χ0n) is 11.9. The summed E-state index contributed by atoms with van der Waals surface area (Å²) in [7, 11) is 1.51. The lowest BCUT2D eigenvalue weighted by Crippen LogP contribution is -2.12. The van der Waals surface area contributed by atoms with Gasteiger partial charge in [-0.3, -0.25) is 24.9 Å². The number of halogens is 3. The summed E-state index contributed by atoms with van der Waals surface area (Å²) in [5, 5.41) is 28.2. The van der Waals surface area contributed by atoms with Gasteiger partial charge in [0.25, 0.3) is 11.4 Å². The average molecular weight is 346 g/mol. The van der Waals surface area contributed by atoms with Crippen molar-refractivity contribution in [1.29, 1.82) is 0 Å². The predicted molar refractivity (Wildman–Crippen MR) is 73.1 cm³/mol. The number of rotatable bonds is 5. The number of anilines is 1. The molecule has 1 N–H and O–H groups in total. The first-order valence-electron chi connectivity index (χ1n) is 6.22. The van der Waals surface area contributed by atoms with Crippen LogP contribution in [0.2, 0.25) is 0 Å². The van der Waals surface area contributed by atoms with E-state index >= 15 is 0 Å². The SMILES string of the molecule is Cn1ncnc1CNc1c([N+](=O)[O-])cc(C(F)(F)F)cc1[N+](=O)[O-]. The van der Waals surface area contributed by atoms with Gasteiger partial charge in [-0.2, -0.15) is 18.3 Å². The Morgan fingerprint density at radius 3 is 2.12 bits per heavy atom. The molecule has 0 saturated carbocycles. The van der Waals surface area contributed by atoms with E-state index in [2.05, 4.69) is 15.4 Å². The van der Waals surface area contributed by atoms with Crippen molar-refractivity contribution in [3.05, 3.63) is 50.1 Å². The molecule has 0 fully saturated rings. The van der Waals surface area contributed by atoms with Gasteiger partial charge in [0.15, 0.2) is 5.69 Å². The number of nitrogens with zero attached hydrogens (tertiary/aromatic N) is 5. The van der Waals surface area contributed by atoms with E-state index in [1.165, 1.54) is 18.1 Å². The van der Waals surface area contributed by atoms with E-state index in [1.54, 1.807) is 0 Å². The van der Waals surface area contributed by atoms with Crippen LogP contribution in [0.15, 0.2) is 18.5 Å². The first-order chi connectivity index (χ1) is 11.1. The van der Waals surface area contributed by atoms with E-state index in [4.69, 9.17) is 0 Å². The summed E-state index contributed by atoms with van der Waals surface area (Å²) in [6.07, 6.45) is -3.77. The minimum absolute atomic E-state index is 0.205. The van der Waals surface area contributed by atoms with Crippen LogP contribution in [-0.2, 0) is 19.8 Å². The van der Waals surface area contributed by atoms with E-state index in [1.807, 2.05) is 0 Å². The van der Waals surface area contributed by atoms with Gasteiger partial charge in [-0.05, 0) is 0 Å². The Bertz CT molecular complexity index is 768. The fourth-order valence-corrected chi connectivity index (χ4v) is 1.89. The third-order valence-electron chi connectivity index (χ3n) is 3.05. The maximum atomic E-state index is 12.8. The Morgan fingerprint density at radius 1 is 1.21 bits per heavy atom. The van der Waals surface area contributed by atoms with Gasteiger partial charge in [0, 0.05) is 19.2 Å². The second kappa shape index (κ2) is 6.10. The number of nitro benzene ring substituents is 2. The van der Waals surface area contributed by atoms with Crippen LogP contribution in [0.3, 0.4) is 0 Å². The summed E-state index contributed by atoms with van der Waals surface area (Å²) in [6.45, 7) is -0.205. The summed E-state index contributed by atoms with van der Waals surface area (Å²) in [6, 6.07) is 0.484. The minimum Gasteiger partial charge on any atom is -0.367 e. The van der Waals surface area contributed by atoms with Gasteiger partial charge < -0.3 is 5.32 Å². The largest absolute Gasteiger partial charge is 0.416 e. The van der Waals surface area contributed by atoms with Gasteiger partial charge in [-0.25, -0.2) is 4.98 Å². The van der Waals surface area contributed by atoms with Gasteiger partial charge in [-0.15, -0.1) is 0 Å². The topological polar surface area (TPSA) is 129 Å². The van der Waals surface area contributed by atoms with Gasteiger partial charge in [-0.1, -0.05) is 0 Å². The summed E-state index contributed by atoms with van der Waals surface area (Å²) in [4.78, 5) is 23.7. The number of hydrogen-bond acceptors (Lipinski definition) is 7. The maximum absolute atomic E-state index is 12.8. The first-order valence-corrected chi connectivity index (χ1v) is 6.22. The summed E-state index contributed by atoms with van der Waals surface area (Å²) >= 11 is 0. The smallest absolute Gasteiger partial charge is 0.367 e. The molecule has 0 aliphatic rings. The number of aryl methyl sites for hydroxylation is 1. The lowest BCUT2D eigenvalue weighted by atomic mass is 10.1. The molecule has 0 atom stereocenters. The molecule has 0 unspecified atom stereocenters. The first kappa shape index (κ1) is 17.1. The zero-order valence-corrected chi connectivity index (χ0v) is 11.9. The average Bonchev–Trinajstić information content (AvgIpc) is 2.88. The molecular formula is C11H9F3N6O4. The van der Waals surface area contributed by atoms with Crippen LogP contribution in [0.4, 0.5) is 30.2 Å². The molecule has 0 aliphatic heterocycles. The quantitative estimate of drug-likeness (QED) is 0.649. The molecule has 0 amide bonds. The van der Waals surface area contributed by atoms with E-state index < -0.39 is 38.6 Å². The van der Waals surface area contributed by atoms with Gasteiger partial charge in [0.2, 0.25) is 0 Å². The van der Waals surface area contributed by atoms with E-state index in [9.17, 15) is 33.4 Å². The lowest BCUT2D eigenvalue weighted by Gasteiger charge is -2.11. The van der Waals surface area contributed by atoms with E-state index in [0.717, 1.165) is 0 Å². The lowest BCUT2D eigenvalue weighted by molar-refractivity contribution is -0.392. The summed E-state index contributed by atoms with van der Waals surface area (Å²) in [5.41, 5.74) is -4.23. The van der Waals surface area contributed by atoms with Gasteiger partial charge >= 0.3 is 6.18 Å². The molecule has 1 aromatic carbocycles. The molecule has 0 aliphatic carbocycles. The molecule has 24 heavy (non-hydrogen) atoms. The van der Waals surface area contributed by atoms with Crippen molar-refractivity contribution < 1.29 is 23.0 Å². The van der Waals surface area contributed by atoms with Crippen LogP contribution in [0, 0.1) is 20.2 Å². The van der Waals surface area contributed by atoms with Crippen molar-refractivity contribution in [1.82, 2.24) is 14.8 Å². The van der Waals surface area contributed by atoms with Gasteiger partial charge in [0.1, 0.15) is 12.2 Å². The number of benzene rings is 1. The molecule has 0 radical (unpaired) electrons. The Balaban J connectivity index is 2.53. The number of aromatic nitrogens is 3. The zero-order chi connectivity index (χ0) is 18.1. The fourth-order valence-electron chi connectivity index (χ4n) is 1.89. The molecule has 1 heterocycles. The number of nitrogens with one attached hydrogen (secondary N) is 1. The molecule has 10 nitrogen and oxygen atoms in total. The van der Waals surface area contributed by atoms with Crippen LogP contribution in [0.25, 0.3) is 0 Å². The highest BCUT2D eigenvalue weighted by molar-refractivity contribution is 5.75. The normalized spacial score (nSPS) is 11.3. The van der Waals surface area contributed by atoms with Crippen LogP contribution < -0.4 is 5.32 Å². The molecule has 0 saturated heterocycles. The van der Waals surface area contributed by atoms with Crippen molar-refractivity contribution in [2.45, 2.75) is 12.7 Å². The molecule has 2 rings (SSSR count). The minimum atomic E-state index is -4.96. The van der Waals surface area contributed by atoms with Crippen molar-refractivity contribution >= 4 is 17.1 Å². The van der Waals surface area contributed by atoms with E-state index in [-0.39, 0.29) is 24.5 Å². The third kappa shape index (κ3) is 3.39. The van der Waals surface area contributed by atoms with Crippen LogP contribution in [-0.4, -0.2) is 24.6 Å². The fraction of sp³-hybridized carbons (Fsp3) is 0.273. The molecular weight excluding hydrogens is 337 g/mol. The number of hydrogen-bond donors (Lipinski definition) is 1. The predicted octanol–water partition coefficient (Wildman–Crippen LogP) is 2.26. The Kier molecular flexibility index (Phi) is 4.35. The summed E-state index contributed by atoms with van der Waals surface area (Å²) < 4.78 is 39.6. The highest BCUT2D eigenvalue weighted by atomic mass is 19.4. The van der Waals surface area contributed by atoms with Crippen molar-refractivity contribution in [3.63, 3.8) is 0 Å². The molecule has 0 spiro atoms. The van der Waals surface area contributed by atoms with Crippen LogP contribution >= 0.6 is 0 Å². The Hall–Kier alpha value is -3.25. The second-order valence-electron chi connectivity index (χ2n) is 4.55. The Labute approximate surface area is 131 Å². The standard InChI is InChI=1S/C11H9F3N6O4/c1-18-9(16-5-17-18)4-15-10-7(19(21)22)2-6(11(12,13)14)3-8(10)20(23)24/h2-3,5,15H,4H2,1H3. The third-order valence-corrected chi connectivity index (χ3v) is 3.05. The van der Waals surface area contributed by atoms with E-state index in [0.29, 0.717) is 0 Å². The highest BCUT2D eigenvalue weighted by Gasteiger charge is 2.37. The highest BCUT2D eigenvalue weighted by Crippen LogP contribution is 2.41. The van der Waals surface area contributed by atoms with Crippen molar-refractivity contribution in [3.8, 4) is 0 Å². The summed E-state index contributed by atoms with van der Waals surface area (Å²) in [5.74, 6) is 0.276. The number of nitro groups is 2. The molecule has 128 valence electrons. The van der Waals surface area contributed by atoms with Crippen molar-refractivity contribution in [2.24, 2.45) is 7.05 Å². The van der Waals surface area contributed by atoms with Crippen LogP contribution in [0.5, 0.6) is 0 Å². The van der Waals surface area contributed by atoms with Gasteiger partial charge in [0.05, 0.1) is 22.0 Å². The molecule has 2 aromatic rings. The molecule has 13 heteroatoms. The van der Waals surface area contributed by atoms with Crippen LogP contribution in [0.1, 0.15) is 11.4 Å².